The lowest BCUT2D eigenvalue weighted by Gasteiger charge is -2.00. The Morgan fingerprint density at radius 1 is 1.46 bits per heavy atom. The Bertz CT molecular complexity index is 558. The number of hydrogen-bond acceptors (Lipinski definition) is 3. The zero-order chi connectivity index (χ0) is 13.3. The standard InChI is InChI=1S/C10H11NO2/c11-8-1-6-3-9-10(13-5-12-9)4-7(6)2-8/h3-4,8H,1-2,5,11H2/i1D2,3D,4D,8D/t8-/m0/s1. The number of ether oxygens (including phenoxy) is 2. The lowest BCUT2D eigenvalue weighted by molar-refractivity contribution is 0.174. The molecule has 1 heterocycles. The Morgan fingerprint density at radius 3 is 2.92 bits per heavy atom. The minimum Gasteiger partial charge on any atom is -0.454 e. The average molecular weight is 182 g/mol. The summed E-state index contributed by atoms with van der Waals surface area (Å²) in [5, 5.41) is 0. The molecule has 2 N–H and O–H groups in total. The first-order valence-electron chi connectivity index (χ1n) is 6.48. The highest BCUT2D eigenvalue weighted by molar-refractivity contribution is 5.50. The largest absolute Gasteiger partial charge is 0.454 e. The second-order valence-electron chi connectivity index (χ2n) is 3.00. The quantitative estimate of drug-likeness (QED) is 0.646. The van der Waals surface area contributed by atoms with Crippen molar-refractivity contribution in [2.24, 2.45) is 5.73 Å². The second kappa shape index (κ2) is 2.39. The highest BCUT2D eigenvalue weighted by Gasteiger charge is 2.23. The molecular weight excluding hydrogens is 166 g/mol. The zero-order valence-electron chi connectivity index (χ0n) is 11.8. The lowest BCUT2D eigenvalue weighted by atomic mass is 10.1. The van der Waals surface area contributed by atoms with Gasteiger partial charge in [-0.2, -0.15) is 0 Å². The van der Waals surface area contributed by atoms with Crippen LogP contribution in [-0.4, -0.2) is 12.8 Å². The first-order chi connectivity index (χ1) is 8.27. The minimum atomic E-state index is -2.18. The number of rotatable bonds is 0. The number of hydrogen-bond donors (Lipinski definition) is 1. The fourth-order valence-corrected chi connectivity index (χ4v) is 1.49. The van der Waals surface area contributed by atoms with Crippen molar-refractivity contribution in [1.82, 2.24) is 0 Å². The number of fused-ring (bicyclic) bond motifs is 2. The van der Waals surface area contributed by atoms with Gasteiger partial charge in [-0.1, -0.05) is 0 Å². The Labute approximate surface area is 83.5 Å². The van der Waals surface area contributed by atoms with Crippen LogP contribution in [0.15, 0.2) is 12.1 Å². The highest BCUT2D eigenvalue weighted by Crippen LogP contribution is 2.37. The molecule has 0 amide bonds. The van der Waals surface area contributed by atoms with Crippen LogP contribution in [0.25, 0.3) is 0 Å². The molecule has 0 bridgehead atoms. The fraction of sp³-hybridized carbons (Fsp3) is 0.400. The first-order valence-corrected chi connectivity index (χ1v) is 3.98. The van der Waals surface area contributed by atoms with Gasteiger partial charge in [0.2, 0.25) is 6.79 Å². The zero-order valence-corrected chi connectivity index (χ0v) is 6.81. The van der Waals surface area contributed by atoms with Crippen LogP contribution in [0.3, 0.4) is 0 Å². The molecule has 1 atom stereocenters. The van der Waals surface area contributed by atoms with Gasteiger partial charge in [0.25, 0.3) is 0 Å². The summed E-state index contributed by atoms with van der Waals surface area (Å²) >= 11 is 0. The number of nitrogens with two attached hydrogens (primary N) is 1. The van der Waals surface area contributed by atoms with E-state index in [1.807, 2.05) is 0 Å². The molecule has 0 spiro atoms. The monoisotopic (exact) mass is 182 g/mol. The third-order valence-corrected chi connectivity index (χ3v) is 2.07. The van der Waals surface area contributed by atoms with Crippen LogP contribution in [0.4, 0.5) is 0 Å². The molecule has 1 aromatic rings. The molecule has 3 nitrogen and oxygen atoms in total. The van der Waals surface area contributed by atoms with E-state index >= 15 is 0 Å². The predicted molar refractivity (Wildman–Crippen MR) is 47.9 cm³/mol. The van der Waals surface area contributed by atoms with Crippen molar-refractivity contribution in [3.05, 3.63) is 23.2 Å². The summed E-state index contributed by atoms with van der Waals surface area (Å²) in [4.78, 5) is 0. The second-order valence-corrected chi connectivity index (χ2v) is 3.00. The molecule has 3 heteroatoms. The van der Waals surface area contributed by atoms with E-state index in [1.54, 1.807) is 0 Å². The fourth-order valence-electron chi connectivity index (χ4n) is 1.49. The molecule has 3 rings (SSSR count). The molecule has 1 aliphatic carbocycles. The van der Waals surface area contributed by atoms with E-state index < -0.39 is 12.4 Å². The smallest absolute Gasteiger partial charge is 0.231 e. The molecule has 2 aliphatic rings. The van der Waals surface area contributed by atoms with Crippen LogP contribution in [0.1, 0.15) is 18.0 Å². The topological polar surface area (TPSA) is 44.5 Å². The lowest BCUT2D eigenvalue weighted by Crippen LogP contribution is -2.19. The van der Waals surface area contributed by atoms with Gasteiger partial charge in [0.15, 0.2) is 11.5 Å². The van der Waals surface area contributed by atoms with Crippen molar-refractivity contribution in [3.63, 3.8) is 0 Å². The van der Waals surface area contributed by atoms with Crippen LogP contribution in [0, 0.1) is 0 Å². The third-order valence-electron chi connectivity index (χ3n) is 2.07. The van der Waals surface area contributed by atoms with Crippen molar-refractivity contribution >= 4 is 0 Å². The normalized spacial score (nSPS) is 38.4. The number of benzene rings is 1. The van der Waals surface area contributed by atoms with Gasteiger partial charge < -0.3 is 15.2 Å². The average Bonchev–Trinajstić information content (AvgIpc) is 2.79. The maximum absolute atomic E-state index is 7.97. The predicted octanol–water partition coefficient (Wildman–Crippen LogP) is 0.841. The molecule has 0 fully saturated rings. The minimum absolute atomic E-state index is 0.0192. The molecule has 0 radical (unpaired) electrons. The molecule has 68 valence electrons. The van der Waals surface area contributed by atoms with Crippen molar-refractivity contribution in [3.8, 4) is 11.5 Å². The van der Waals surface area contributed by atoms with Crippen LogP contribution in [-0.2, 0) is 12.8 Å². The van der Waals surface area contributed by atoms with E-state index in [-0.39, 0.29) is 47.9 Å². The summed E-state index contributed by atoms with van der Waals surface area (Å²) in [6, 6.07) is -2.08. The Morgan fingerprint density at radius 2 is 2.15 bits per heavy atom. The van der Waals surface area contributed by atoms with Crippen LogP contribution < -0.4 is 15.2 Å². The van der Waals surface area contributed by atoms with Crippen molar-refractivity contribution in [2.75, 3.05) is 6.79 Å². The van der Waals surface area contributed by atoms with E-state index in [1.165, 1.54) is 0 Å². The van der Waals surface area contributed by atoms with Gasteiger partial charge in [-0.3, -0.25) is 0 Å². The first kappa shape index (κ1) is 3.88. The van der Waals surface area contributed by atoms with Gasteiger partial charge >= 0.3 is 0 Å². The van der Waals surface area contributed by atoms with Gasteiger partial charge in [-0.05, 0) is 36.0 Å². The molecule has 0 unspecified atom stereocenters. The molecule has 0 aromatic heterocycles. The van der Waals surface area contributed by atoms with Crippen molar-refractivity contribution in [1.29, 1.82) is 0 Å². The van der Waals surface area contributed by atoms with E-state index in [2.05, 4.69) is 0 Å². The molecule has 1 aliphatic heterocycles. The Balaban J connectivity index is 2.35. The van der Waals surface area contributed by atoms with Gasteiger partial charge in [0.1, 0.15) is 0 Å². The van der Waals surface area contributed by atoms with Gasteiger partial charge in [0.05, 0.1) is 2.74 Å². The summed E-state index contributed by atoms with van der Waals surface area (Å²) < 4.78 is 49.8. The molecule has 1 aromatic carbocycles. The van der Waals surface area contributed by atoms with Gasteiger partial charge in [0, 0.05) is 10.1 Å². The summed E-state index contributed by atoms with van der Waals surface area (Å²) in [7, 11) is 0. The molecule has 0 saturated heterocycles. The summed E-state index contributed by atoms with van der Waals surface area (Å²) in [5.41, 5.74) is 5.90. The summed E-state index contributed by atoms with van der Waals surface area (Å²) in [5.74, 6) is 0.215. The summed E-state index contributed by atoms with van der Waals surface area (Å²) in [6.45, 7) is -0.0758. The SMILES string of the molecule is [2H]c1c2c(c([2H])c3c1OCO3)C([2H])([2H])[C@]([2H])(N)C2. The molecule has 0 saturated carbocycles. The molecular formula is C10H11NO2. The maximum atomic E-state index is 7.97. The van der Waals surface area contributed by atoms with Crippen molar-refractivity contribution < 1.29 is 16.3 Å². The van der Waals surface area contributed by atoms with E-state index in [4.69, 9.17) is 22.1 Å². The Kier molecular flexibility index (Phi) is 0.713. The van der Waals surface area contributed by atoms with E-state index in [0.29, 0.717) is 0 Å². The van der Waals surface area contributed by atoms with E-state index in [9.17, 15) is 0 Å². The summed E-state index contributed by atoms with van der Waals surface area (Å²) in [6.07, 6.45) is -2.30. The van der Waals surface area contributed by atoms with Gasteiger partial charge in [-0.15, -0.1) is 0 Å². The van der Waals surface area contributed by atoms with Crippen LogP contribution in [0.2, 0.25) is 0 Å². The third kappa shape index (κ3) is 1.00. The maximum Gasteiger partial charge on any atom is 0.231 e. The molecule has 13 heavy (non-hydrogen) atoms. The van der Waals surface area contributed by atoms with Crippen molar-refractivity contribution in [2.45, 2.75) is 18.8 Å². The van der Waals surface area contributed by atoms with Crippen LogP contribution >= 0.6 is 0 Å². The highest BCUT2D eigenvalue weighted by atomic mass is 16.7. The van der Waals surface area contributed by atoms with E-state index in [0.717, 1.165) is 0 Å². The van der Waals surface area contributed by atoms with Gasteiger partial charge in [-0.25, -0.2) is 0 Å². The Hall–Kier alpha value is -1.22. The van der Waals surface area contributed by atoms with Crippen LogP contribution in [0.5, 0.6) is 11.5 Å².